The maximum absolute atomic E-state index is 11.8. The number of carbonyl (C=O) groups excluding carboxylic acids is 1. The Morgan fingerprint density at radius 2 is 2.21 bits per heavy atom. The Balaban J connectivity index is 1.64. The summed E-state index contributed by atoms with van der Waals surface area (Å²) in [4.78, 5) is 11.8. The van der Waals surface area contributed by atoms with E-state index in [-0.39, 0.29) is 12.0 Å². The number of aryl methyl sites for hydroxylation is 1. The highest BCUT2D eigenvalue weighted by Crippen LogP contribution is 2.33. The van der Waals surface area contributed by atoms with Crippen LogP contribution in [0.5, 0.6) is 5.75 Å². The zero-order valence-corrected chi connectivity index (χ0v) is 11.1. The number of rotatable bonds is 4. The molecule has 0 radical (unpaired) electrons. The van der Waals surface area contributed by atoms with E-state index in [0.29, 0.717) is 11.8 Å². The number of amides is 1. The number of nitrogens with one attached hydrogen (secondary N) is 1. The summed E-state index contributed by atoms with van der Waals surface area (Å²) >= 11 is 0. The Morgan fingerprint density at radius 3 is 2.95 bits per heavy atom. The van der Waals surface area contributed by atoms with Crippen LogP contribution in [0, 0.1) is 0 Å². The molecule has 102 valence electrons. The van der Waals surface area contributed by atoms with Crippen LogP contribution in [0.15, 0.2) is 18.2 Å². The number of hydrogen-bond acceptors (Lipinski definition) is 3. The quantitative estimate of drug-likeness (QED) is 0.867. The van der Waals surface area contributed by atoms with E-state index in [2.05, 4.69) is 5.32 Å². The SMILES string of the molecule is CC(Oc1ccc2c(c1)CC[C@H]2O)C(=O)NC1CC1. The van der Waals surface area contributed by atoms with Gasteiger partial charge in [-0.25, -0.2) is 0 Å². The van der Waals surface area contributed by atoms with Gasteiger partial charge in [-0.2, -0.15) is 0 Å². The molecule has 0 heterocycles. The van der Waals surface area contributed by atoms with E-state index in [1.54, 1.807) is 6.92 Å². The molecule has 2 N–H and O–H groups in total. The fraction of sp³-hybridized carbons (Fsp3) is 0.533. The lowest BCUT2D eigenvalue weighted by atomic mass is 10.1. The largest absolute Gasteiger partial charge is 0.481 e. The molecule has 1 amide bonds. The molecule has 0 aromatic heterocycles. The average Bonchev–Trinajstić information content (AvgIpc) is 3.13. The average molecular weight is 261 g/mol. The van der Waals surface area contributed by atoms with Gasteiger partial charge in [0.15, 0.2) is 6.10 Å². The summed E-state index contributed by atoms with van der Waals surface area (Å²) in [7, 11) is 0. The molecule has 2 aliphatic carbocycles. The van der Waals surface area contributed by atoms with Gasteiger partial charge in [-0.15, -0.1) is 0 Å². The second kappa shape index (κ2) is 4.85. The van der Waals surface area contributed by atoms with Gasteiger partial charge in [0.2, 0.25) is 0 Å². The van der Waals surface area contributed by atoms with Gasteiger partial charge in [0.25, 0.3) is 5.91 Å². The number of carbonyl (C=O) groups is 1. The Bertz CT molecular complexity index is 496. The molecule has 1 fully saturated rings. The van der Waals surface area contributed by atoms with Gasteiger partial charge >= 0.3 is 0 Å². The van der Waals surface area contributed by atoms with Crippen LogP contribution in [0.25, 0.3) is 0 Å². The van der Waals surface area contributed by atoms with Crippen LogP contribution in [0.1, 0.15) is 43.4 Å². The molecule has 2 atom stereocenters. The summed E-state index contributed by atoms with van der Waals surface area (Å²) < 4.78 is 5.67. The predicted octanol–water partition coefficient (Wildman–Crippen LogP) is 1.71. The van der Waals surface area contributed by atoms with Crippen LogP contribution < -0.4 is 10.1 Å². The molecule has 4 heteroatoms. The zero-order chi connectivity index (χ0) is 13.4. The van der Waals surface area contributed by atoms with Crippen LogP contribution in [0.2, 0.25) is 0 Å². The summed E-state index contributed by atoms with van der Waals surface area (Å²) in [6, 6.07) is 6.02. The van der Waals surface area contributed by atoms with Gasteiger partial charge < -0.3 is 15.2 Å². The topological polar surface area (TPSA) is 58.6 Å². The van der Waals surface area contributed by atoms with E-state index in [0.717, 1.165) is 36.8 Å². The van der Waals surface area contributed by atoms with Gasteiger partial charge in [0, 0.05) is 6.04 Å². The van der Waals surface area contributed by atoms with Crippen molar-refractivity contribution in [3.8, 4) is 5.75 Å². The maximum atomic E-state index is 11.8. The van der Waals surface area contributed by atoms with Crippen molar-refractivity contribution in [2.75, 3.05) is 0 Å². The van der Waals surface area contributed by atoms with Crippen molar-refractivity contribution in [2.45, 2.75) is 50.9 Å². The van der Waals surface area contributed by atoms with Gasteiger partial charge in [0.1, 0.15) is 5.75 Å². The van der Waals surface area contributed by atoms with Crippen molar-refractivity contribution in [3.63, 3.8) is 0 Å². The van der Waals surface area contributed by atoms with E-state index in [1.165, 1.54) is 0 Å². The van der Waals surface area contributed by atoms with E-state index in [4.69, 9.17) is 4.74 Å². The minimum absolute atomic E-state index is 0.0527. The van der Waals surface area contributed by atoms with E-state index in [9.17, 15) is 9.90 Å². The molecule has 0 spiro atoms. The van der Waals surface area contributed by atoms with Crippen LogP contribution in [0.4, 0.5) is 0 Å². The summed E-state index contributed by atoms with van der Waals surface area (Å²) in [5, 5.41) is 12.7. The molecular formula is C15H19NO3. The molecule has 4 nitrogen and oxygen atoms in total. The molecule has 0 bridgehead atoms. The first-order valence-electron chi connectivity index (χ1n) is 6.91. The van der Waals surface area contributed by atoms with Crippen molar-refractivity contribution in [1.82, 2.24) is 5.32 Å². The molecule has 0 aliphatic heterocycles. The highest BCUT2D eigenvalue weighted by Gasteiger charge is 2.27. The minimum Gasteiger partial charge on any atom is -0.481 e. The zero-order valence-electron chi connectivity index (χ0n) is 11.1. The molecule has 0 saturated heterocycles. The lowest BCUT2D eigenvalue weighted by Crippen LogP contribution is -2.37. The van der Waals surface area contributed by atoms with E-state index < -0.39 is 6.10 Å². The standard InChI is InChI=1S/C15H19NO3/c1-9(15(18)16-11-3-4-11)19-12-5-6-13-10(8-12)2-7-14(13)17/h5-6,8-9,11,14,17H,2-4,7H2,1H3,(H,16,18)/t9?,14-/m1/s1. The Morgan fingerprint density at radius 1 is 1.42 bits per heavy atom. The molecule has 1 unspecified atom stereocenters. The highest BCUT2D eigenvalue weighted by molar-refractivity contribution is 5.81. The van der Waals surface area contributed by atoms with Gasteiger partial charge in [-0.05, 0) is 55.9 Å². The fourth-order valence-electron chi connectivity index (χ4n) is 2.45. The van der Waals surface area contributed by atoms with Crippen LogP contribution in [0.3, 0.4) is 0 Å². The fourth-order valence-corrected chi connectivity index (χ4v) is 2.45. The Hall–Kier alpha value is -1.55. The number of hydrogen-bond donors (Lipinski definition) is 2. The number of aliphatic hydroxyl groups is 1. The smallest absolute Gasteiger partial charge is 0.260 e. The van der Waals surface area contributed by atoms with Crippen molar-refractivity contribution < 1.29 is 14.6 Å². The maximum Gasteiger partial charge on any atom is 0.260 e. The lowest BCUT2D eigenvalue weighted by molar-refractivity contribution is -0.127. The lowest BCUT2D eigenvalue weighted by Gasteiger charge is -2.15. The van der Waals surface area contributed by atoms with E-state index in [1.807, 2.05) is 18.2 Å². The molecule has 1 aromatic rings. The van der Waals surface area contributed by atoms with Crippen molar-refractivity contribution in [1.29, 1.82) is 0 Å². The molecule has 19 heavy (non-hydrogen) atoms. The van der Waals surface area contributed by atoms with Crippen molar-refractivity contribution in [3.05, 3.63) is 29.3 Å². The summed E-state index contributed by atoms with van der Waals surface area (Å²) in [6.45, 7) is 1.76. The van der Waals surface area contributed by atoms with E-state index >= 15 is 0 Å². The third kappa shape index (κ3) is 2.73. The summed E-state index contributed by atoms with van der Waals surface area (Å²) in [6.07, 6.45) is 2.97. The number of ether oxygens (including phenoxy) is 1. The van der Waals surface area contributed by atoms with Crippen molar-refractivity contribution >= 4 is 5.91 Å². The second-order valence-electron chi connectivity index (χ2n) is 5.46. The highest BCUT2D eigenvalue weighted by atomic mass is 16.5. The number of fused-ring (bicyclic) bond motifs is 1. The Kier molecular flexibility index (Phi) is 3.19. The number of benzene rings is 1. The summed E-state index contributed by atoms with van der Waals surface area (Å²) in [5.41, 5.74) is 2.11. The summed E-state index contributed by atoms with van der Waals surface area (Å²) in [5.74, 6) is 0.648. The van der Waals surface area contributed by atoms with Crippen LogP contribution >= 0.6 is 0 Å². The van der Waals surface area contributed by atoms with Crippen LogP contribution in [-0.2, 0) is 11.2 Å². The van der Waals surface area contributed by atoms with Crippen LogP contribution in [-0.4, -0.2) is 23.2 Å². The van der Waals surface area contributed by atoms with Gasteiger partial charge in [0.05, 0.1) is 6.10 Å². The Labute approximate surface area is 112 Å². The monoisotopic (exact) mass is 261 g/mol. The third-order valence-corrected chi connectivity index (χ3v) is 3.77. The van der Waals surface area contributed by atoms with Gasteiger partial charge in [-0.1, -0.05) is 6.07 Å². The predicted molar refractivity (Wildman–Crippen MR) is 71.0 cm³/mol. The minimum atomic E-state index is -0.482. The third-order valence-electron chi connectivity index (χ3n) is 3.77. The first-order chi connectivity index (χ1) is 9.13. The first kappa shape index (κ1) is 12.5. The normalized spacial score (nSPS) is 22.7. The molecule has 3 rings (SSSR count). The molecule has 1 aromatic carbocycles. The van der Waals surface area contributed by atoms with Crippen molar-refractivity contribution in [2.24, 2.45) is 0 Å². The molecule has 1 saturated carbocycles. The first-order valence-corrected chi connectivity index (χ1v) is 6.91. The second-order valence-corrected chi connectivity index (χ2v) is 5.46. The molecular weight excluding hydrogens is 242 g/mol. The van der Waals surface area contributed by atoms with Gasteiger partial charge in [-0.3, -0.25) is 4.79 Å². The molecule has 2 aliphatic rings. The number of aliphatic hydroxyl groups excluding tert-OH is 1.